The lowest BCUT2D eigenvalue weighted by Gasteiger charge is -2.21. The van der Waals surface area contributed by atoms with Gasteiger partial charge in [0.15, 0.2) is 5.11 Å². The molecule has 15 heavy (non-hydrogen) atoms. The summed E-state index contributed by atoms with van der Waals surface area (Å²) in [4.78, 5) is 1.92. The number of thiocarbonyl (C=S) groups is 1. The van der Waals surface area contributed by atoms with Gasteiger partial charge in [-0.2, -0.15) is 0 Å². The Kier molecular flexibility index (Phi) is 4.37. The van der Waals surface area contributed by atoms with E-state index in [-0.39, 0.29) is 0 Å². The zero-order valence-electron chi connectivity index (χ0n) is 9.06. The number of para-hydroxylation sites is 1. The van der Waals surface area contributed by atoms with E-state index >= 15 is 0 Å². The van der Waals surface area contributed by atoms with Crippen molar-refractivity contribution in [2.75, 3.05) is 13.7 Å². The zero-order chi connectivity index (χ0) is 11.3. The van der Waals surface area contributed by atoms with E-state index in [4.69, 9.17) is 22.7 Å². The van der Waals surface area contributed by atoms with Crippen LogP contribution in [-0.4, -0.2) is 23.7 Å². The standard InChI is InChI=1S/C11H16N2OS/c1-3-13(11(12)15)8-9-6-4-5-7-10(9)14-2/h4-7H,3,8H2,1-2H3,(H2,12,15). The van der Waals surface area contributed by atoms with Crippen molar-refractivity contribution in [3.8, 4) is 5.75 Å². The molecule has 0 fully saturated rings. The molecule has 2 N–H and O–H groups in total. The summed E-state index contributed by atoms with van der Waals surface area (Å²) < 4.78 is 5.26. The van der Waals surface area contributed by atoms with Crippen LogP contribution < -0.4 is 10.5 Å². The maximum absolute atomic E-state index is 5.60. The number of methoxy groups -OCH3 is 1. The Labute approximate surface area is 95.8 Å². The predicted molar refractivity (Wildman–Crippen MR) is 65.9 cm³/mol. The number of benzene rings is 1. The Morgan fingerprint density at radius 2 is 2.13 bits per heavy atom. The van der Waals surface area contributed by atoms with Gasteiger partial charge in [-0.3, -0.25) is 0 Å². The molecule has 1 aromatic carbocycles. The summed E-state index contributed by atoms with van der Waals surface area (Å²) in [5.74, 6) is 0.868. The molecule has 0 atom stereocenters. The highest BCUT2D eigenvalue weighted by Gasteiger charge is 2.08. The summed E-state index contributed by atoms with van der Waals surface area (Å²) in [6, 6.07) is 7.87. The van der Waals surface area contributed by atoms with E-state index < -0.39 is 0 Å². The minimum absolute atomic E-state index is 0.420. The van der Waals surface area contributed by atoms with Gasteiger partial charge in [0.2, 0.25) is 0 Å². The predicted octanol–water partition coefficient (Wildman–Crippen LogP) is 1.76. The molecule has 0 saturated carbocycles. The molecule has 1 rings (SSSR count). The second kappa shape index (κ2) is 5.56. The van der Waals surface area contributed by atoms with Gasteiger partial charge in [0.25, 0.3) is 0 Å². The van der Waals surface area contributed by atoms with Gasteiger partial charge in [-0.25, -0.2) is 0 Å². The molecular formula is C11H16N2OS. The molecule has 0 bridgehead atoms. The van der Waals surface area contributed by atoms with Crippen LogP contribution in [0.4, 0.5) is 0 Å². The Bertz CT molecular complexity index is 341. The van der Waals surface area contributed by atoms with Gasteiger partial charge in [0.1, 0.15) is 5.75 Å². The Balaban J connectivity index is 2.82. The molecule has 0 aliphatic rings. The van der Waals surface area contributed by atoms with Crippen LogP contribution in [0.5, 0.6) is 5.75 Å². The van der Waals surface area contributed by atoms with Crippen LogP contribution in [0.25, 0.3) is 0 Å². The second-order valence-electron chi connectivity index (χ2n) is 3.16. The summed E-state index contributed by atoms with van der Waals surface area (Å²) in [7, 11) is 1.66. The number of ether oxygens (including phenoxy) is 1. The quantitative estimate of drug-likeness (QED) is 0.791. The monoisotopic (exact) mass is 224 g/mol. The molecule has 1 aromatic rings. The van der Waals surface area contributed by atoms with Crippen molar-refractivity contribution >= 4 is 17.3 Å². The third-order valence-corrected chi connectivity index (χ3v) is 2.51. The molecule has 0 spiro atoms. The smallest absolute Gasteiger partial charge is 0.166 e. The van der Waals surface area contributed by atoms with Crippen molar-refractivity contribution in [3.63, 3.8) is 0 Å². The molecule has 0 unspecified atom stereocenters. The first kappa shape index (κ1) is 11.8. The summed E-state index contributed by atoms with van der Waals surface area (Å²) in [5.41, 5.74) is 6.70. The van der Waals surface area contributed by atoms with Crippen molar-refractivity contribution in [2.45, 2.75) is 13.5 Å². The third kappa shape index (κ3) is 3.09. The van der Waals surface area contributed by atoms with Gasteiger partial charge in [0, 0.05) is 18.7 Å². The summed E-state index contributed by atoms with van der Waals surface area (Å²) in [6.07, 6.45) is 0. The van der Waals surface area contributed by atoms with E-state index in [2.05, 4.69) is 0 Å². The molecule has 0 aliphatic carbocycles. The van der Waals surface area contributed by atoms with E-state index in [1.165, 1.54) is 0 Å². The third-order valence-electron chi connectivity index (χ3n) is 2.25. The van der Waals surface area contributed by atoms with Crippen LogP contribution in [0.3, 0.4) is 0 Å². The molecule has 0 aliphatic heterocycles. The number of hydrogen-bond donors (Lipinski definition) is 1. The van der Waals surface area contributed by atoms with Crippen LogP contribution in [0.1, 0.15) is 12.5 Å². The maximum Gasteiger partial charge on any atom is 0.166 e. The summed E-state index contributed by atoms with van der Waals surface area (Å²) >= 11 is 4.96. The summed E-state index contributed by atoms with van der Waals surface area (Å²) in [6.45, 7) is 3.51. The number of hydrogen-bond acceptors (Lipinski definition) is 2. The van der Waals surface area contributed by atoms with Gasteiger partial charge in [0.05, 0.1) is 7.11 Å². The fourth-order valence-corrected chi connectivity index (χ4v) is 1.58. The molecule has 0 aromatic heterocycles. The molecule has 0 heterocycles. The number of nitrogens with zero attached hydrogens (tertiary/aromatic N) is 1. The average Bonchev–Trinajstić information content (AvgIpc) is 2.25. The minimum atomic E-state index is 0.420. The molecule has 82 valence electrons. The fourth-order valence-electron chi connectivity index (χ4n) is 1.38. The lowest BCUT2D eigenvalue weighted by molar-refractivity contribution is 0.388. The first-order valence-corrected chi connectivity index (χ1v) is 5.26. The molecular weight excluding hydrogens is 208 g/mol. The highest BCUT2D eigenvalue weighted by atomic mass is 32.1. The molecule has 0 radical (unpaired) electrons. The molecule has 0 amide bonds. The lowest BCUT2D eigenvalue weighted by Crippen LogP contribution is -2.34. The van der Waals surface area contributed by atoms with Crippen molar-refractivity contribution < 1.29 is 4.74 Å². The number of rotatable bonds is 4. The molecule has 3 nitrogen and oxygen atoms in total. The van der Waals surface area contributed by atoms with E-state index in [0.717, 1.165) is 17.9 Å². The minimum Gasteiger partial charge on any atom is -0.496 e. The average molecular weight is 224 g/mol. The Morgan fingerprint density at radius 1 is 1.47 bits per heavy atom. The van der Waals surface area contributed by atoms with Crippen LogP contribution >= 0.6 is 12.2 Å². The van der Waals surface area contributed by atoms with Gasteiger partial charge in [-0.05, 0) is 25.2 Å². The first-order chi connectivity index (χ1) is 7.19. The molecule has 4 heteroatoms. The lowest BCUT2D eigenvalue weighted by atomic mass is 10.2. The highest BCUT2D eigenvalue weighted by Crippen LogP contribution is 2.18. The topological polar surface area (TPSA) is 38.5 Å². The fraction of sp³-hybridized carbons (Fsp3) is 0.364. The van der Waals surface area contributed by atoms with E-state index in [0.29, 0.717) is 11.7 Å². The SMILES string of the molecule is CCN(Cc1ccccc1OC)C(N)=S. The van der Waals surface area contributed by atoms with Gasteiger partial charge >= 0.3 is 0 Å². The number of nitrogens with two attached hydrogens (primary N) is 1. The maximum atomic E-state index is 5.60. The zero-order valence-corrected chi connectivity index (χ0v) is 9.88. The Morgan fingerprint density at radius 3 is 2.67 bits per heavy atom. The van der Waals surface area contributed by atoms with E-state index in [1.54, 1.807) is 7.11 Å². The van der Waals surface area contributed by atoms with Gasteiger partial charge in [-0.15, -0.1) is 0 Å². The van der Waals surface area contributed by atoms with Crippen molar-refractivity contribution in [2.24, 2.45) is 5.73 Å². The van der Waals surface area contributed by atoms with Crippen molar-refractivity contribution in [1.82, 2.24) is 4.90 Å². The van der Waals surface area contributed by atoms with Crippen molar-refractivity contribution in [3.05, 3.63) is 29.8 Å². The highest BCUT2D eigenvalue weighted by molar-refractivity contribution is 7.80. The van der Waals surface area contributed by atoms with Gasteiger partial charge < -0.3 is 15.4 Å². The van der Waals surface area contributed by atoms with Crippen LogP contribution in [0.15, 0.2) is 24.3 Å². The van der Waals surface area contributed by atoms with E-state index in [9.17, 15) is 0 Å². The van der Waals surface area contributed by atoms with Crippen molar-refractivity contribution in [1.29, 1.82) is 0 Å². The summed E-state index contributed by atoms with van der Waals surface area (Å²) in [5, 5.41) is 0.420. The molecule has 0 saturated heterocycles. The Hall–Kier alpha value is -1.29. The van der Waals surface area contributed by atoms with Crippen LogP contribution in [0, 0.1) is 0 Å². The van der Waals surface area contributed by atoms with Crippen LogP contribution in [-0.2, 0) is 6.54 Å². The first-order valence-electron chi connectivity index (χ1n) is 4.85. The van der Waals surface area contributed by atoms with E-state index in [1.807, 2.05) is 36.1 Å². The normalized spacial score (nSPS) is 9.73. The largest absolute Gasteiger partial charge is 0.496 e. The second-order valence-corrected chi connectivity index (χ2v) is 3.58. The van der Waals surface area contributed by atoms with Gasteiger partial charge in [-0.1, -0.05) is 18.2 Å². The van der Waals surface area contributed by atoms with Crippen LogP contribution in [0.2, 0.25) is 0 Å².